The molecule has 2 aromatic carbocycles. The van der Waals surface area contributed by atoms with Gasteiger partial charge in [-0.3, -0.25) is 4.98 Å². The van der Waals surface area contributed by atoms with Gasteiger partial charge in [-0.05, 0) is 35.9 Å². The molecule has 2 N–H and O–H groups in total. The van der Waals surface area contributed by atoms with Crippen molar-refractivity contribution in [2.24, 2.45) is 0 Å². The van der Waals surface area contributed by atoms with Crippen LogP contribution in [0.3, 0.4) is 0 Å². The molecule has 31 heavy (non-hydrogen) atoms. The molecular formula is C24H24N6O. The normalized spacial score (nSPS) is 14.1. The van der Waals surface area contributed by atoms with Gasteiger partial charge in [0.1, 0.15) is 17.9 Å². The average Bonchev–Trinajstić information content (AvgIpc) is 2.83. The van der Waals surface area contributed by atoms with Crippen LogP contribution in [0.5, 0.6) is 5.75 Å². The molecular weight excluding hydrogens is 388 g/mol. The van der Waals surface area contributed by atoms with Crippen molar-refractivity contribution in [2.75, 3.05) is 48.8 Å². The molecule has 1 saturated heterocycles. The Morgan fingerprint density at radius 1 is 0.871 bits per heavy atom. The van der Waals surface area contributed by atoms with E-state index in [-0.39, 0.29) is 0 Å². The molecule has 5 rings (SSSR count). The number of methoxy groups -OCH3 is 1. The molecule has 0 aliphatic carbocycles. The van der Waals surface area contributed by atoms with Gasteiger partial charge in [0.2, 0.25) is 0 Å². The summed E-state index contributed by atoms with van der Waals surface area (Å²) in [7, 11) is 1.70. The number of piperazine rings is 1. The summed E-state index contributed by atoms with van der Waals surface area (Å²) in [4.78, 5) is 18.1. The fourth-order valence-corrected chi connectivity index (χ4v) is 4.07. The largest absolute Gasteiger partial charge is 0.497 e. The first-order valence-electron chi connectivity index (χ1n) is 10.3. The van der Waals surface area contributed by atoms with Gasteiger partial charge in [-0.2, -0.15) is 0 Å². The van der Waals surface area contributed by atoms with Gasteiger partial charge in [0, 0.05) is 61.3 Å². The molecule has 4 aromatic rings. The Morgan fingerprint density at radius 3 is 2.52 bits per heavy atom. The van der Waals surface area contributed by atoms with Gasteiger partial charge in [0.25, 0.3) is 0 Å². The molecule has 2 aromatic heterocycles. The molecule has 0 bridgehead atoms. The molecule has 0 radical (unpaired) electrons. The molecule has 156 valence electrons. The maximum absolute atomic E-state index is 5.93. The van der Waals surface area contributed by atoms with E-state index in [1.54, 1.807) is 19.6 Å². The Kier molecular flexibility index (Phi) is 5.00. The van der Waals surface area contributed by atoms with E-state index in [0.717, 1.165) is 59.8 Å². The van der Waals surface area contributed by atoms with Gasteiger partial charge in [-0.1, -0.05) is 12.1 Å². The summed E-state index contributed by atoms with van der Waals surface area (Å²) in [6, 6.07) is 16.4. The molecule has 1 fully saturated rings. The Balaban J connectivity index is 1.42. The minimum atomic E-state index is 0.649. The van der Waals surface area contributed by atoms with Crippen LogP contribution >= 0.6 is 0 Å². The summed E-state index contributed by atoms with van der Waals surface area (Å²) in [5.74, 6) is 1.85. The molecule has 1 aliphatic rings. The number of fused-ring (bicyclic) bond motifs is 1. The number of hydrogen-bond donors (Lipinski definition) is 1. The highest BCUT2D eigenvalue weighted by Gasteiger charge is 2.21. The van der Waals surface area contributed by atoms with Gasteiger partial charge < -0.3 is 20.3 Å². The van der Waals surface area contributed by atoms with Gasteiger partial charge in [0.05, 0.1) is 18.3 Å². The van der Waals surface area contributed by atoms with Crippen LogP contribution in [0.2, 0.25) is 0 Å². The van der Waals surface area contributed by atoms with Crippen LogP contribution in [0.1, 0.15) is 0 Å². The highest BCUT2D eigenvalue weighted by Crippen LogP contribution is 2.30. The molecule has 0 atom stereocenters. The van der Waals surface area contributed by atoms with E-state index in [1.807, 2.05) is 30.5 Å². The summed E-state index contributed by atoms with van der Waals surface area (Å²) in [5.41, 5.74) is 10.7. The molecule has 0 saturated carbocycles. The highest BCUT2D eigenvalue weighted by molar-refractivity contribution is 5.93. The van der Waals surface area contributed by atoms with Crippen LogP contribution in [0.4, 0.5) is 17.2 Å². The predicted molar refractivity (Wildman–Crippen MR) is 125 cm³/mol. The van der Waals surface area contributed by atoms with Crippen LogP contribution in [0.25, 0.3) is 22.0 Å². The van der Waals surface area contributed by atoms with E-state index in [2.05, 4.69) is 49.0 Å². The van der Waals surface area contributed by atoms with Gasteiger partial charge in [-0.15, -0.1) is 0 Å². The number of nitrogens with zero attached hydrogens (tertiary/aromatic N) is 5. The van der Waals surface area contributed by atoms with Crippen LogP contribution < -0.4 is 20.3 Å². The predicted octanol–water partition coefficient (Wildman–Crippen LogP) is 3.61. The Labute approximate surface area is 181 Å². The number of rotatable bonds is 4. The summed E-state index contributed by atoms with van der Waals surface area (Å²) >= 11 is 0. The second kappa shape index (κ2) is 8.10. The summed E-state index contributed by atoms with van der Waals surface area (Å²) in [6.45, 7) is 3.59. The van der Waals surface area contributed by atoms with Crippen LogP contribution in [-0.2, 0) is 0 Å². The van der Waals surface area contributed by atoms with Crippen LogP contribution in [-0.4, -0.2) is 48.2 Å². The van der Waals surface area contributed by atoms with E-state index >= 15 is 0 Å². The first-order chi connectivity index (χ1) is 15.2. The number of anilines is 3. The molecule has 0 unspecified atom stereocenters. The Bertz CT molecular complexity index is 1220. The van der Waals surface area contributed by atoms with Crippen molar-refractivity contribution in [1.29, 1.82) is 0 Å². The Morgan fingerprint density at radius 2 is 1.71 bits per heavy atom. The van der Waals surface area contributed by atoms with E-state index in [0.29, 0.717) is 5.69 Å². The second-order valence-corrected chi connectivity index (χ2v) is 7.61. The minimum Gasteiger partial charge on any atom is -0.497 e. The molecule has 7 heteroatoms. The van der Waals surface area contributed by atoms with Crippen LogP contribution in [0.15, 0.2) is 67.3 Å². The lowest BCUT2D eigenvalue weighted by Gasteiger charge is -2.37. The zero-order valence-electron chi connectivity index (χ0n) is 17.4. The molecule has 1 aliphatic heterocycles. The number of hydrogen-bond acceptors (Lipinski definition) is 7. The van der Waals surface area contributed by atoms with E-state index in [4.69, 9.17) is 10.5 Å². The molecule has 7 nitrogen and oxygen atoms in total. The number of nitrogen functional groups attached to an aromatic ring is 1. The lowest BCUT2D eigenvalue weighted by Crippen LogP contribution is -2.46. The lowest BCUT2D eigenvalue weighted by atomic mass is 10.0. The van der Waals surface area contributed by atoms with Crippen molar-refractivity contribution >= 4 is 28.1 Å². The third-order valence-corrected chi connectivity index (χ3v) is 5.70. The monoisotopic (exact) mass is 412 g/mol. The number of benzene rings is 2. The van der Waals surface area contributed by atoms with Gasteiger partial charge in [-0.25, -0.2) is 9.97 Å². The zero-order chi connectivity index (χ0) is 21.2. The molecule has 0 amide bonds. The third-order valence-electron chi connectivity index (χ3n) is 5.70. The van der Waals surface area contributed by atoms with E-state index in [9.17, 15) is 0 Å². The molecule has 3 heterocycles. The van der Waals surface area contributed by atoms with Crippen molar-refractivity contribution in [3.8, 4) is 16.9 Å². The van der Waals surface area contributed by atoms with Crippen molar-refractivity contribution in [1.82, 2.24) is 15.0 Å². The van der Waals surface area contributed by atoms with E-state index < -0.39 is 0 Å². The fourth-order valence-electron chi connectivity index (χ4n) is 4.07. The first-order valence-corrected chi connectivity index (χ1v) is 10.3. The van der Waals surface area contributed by atoms with Crippen molar-refractivity contribution in [2.45, 2.75) is 0 Å². The van der Waals surface area contributed by atoms with E-state index in [1.165, 1.54) is 5.69 Å². The number of pyridine rings is 1. The first kappa shape index (κ1) is 19.1. The second-order valence-electron chi connectivity index (χ2n) is 7.61. The topological polar surface area (TPSA) is 80.4 Å². The van der Waals surface area contributed by atoms with Crippen molar-refractivity contribution in [3.63, 3.8) is 0 Å². The van der Waals surface area contributed by atoms with Gasteiger partial charge >= 0.3 is 0 Å². The maximum atomic E-state index is 5.93. The van der Waals surface area contributed by atoms with Crippen LogP contribution in [0, 0.1) is 0 Å². The average molecular weight is 412 g/mol. The zero-order valence-corrected chi connectivity index (χ0v) is 17.4. The third kappa shape index (κ3) is 3.82. The minimum absolute atomic E-state index is 0.649. The summed E-state index contributed by atoms with van der Waals surface area (Å²) in [5, 5.41) is 1.04. The SMILES string of the molecule is COc1cccc(N2CCN(c3ncnc4ccc(-c5cncc(N)c5)cc34)CC2)c1. The number of aromatic nitrogens is 3. The Hall–Kier alpha value is -3.87. The number of ether oxygens (including phenoxy) is 1. The lowest BCUT2D eigenvalue weighted by molar-refractivity contribution is 0.414. The quantitative estimate of drug-likeness (QED) is 0.548. The molecule has 0 spiro atoms. The van der Waals surface area contributed by atoms with Crippen molar-refractivity contribution < 1.29 is 4.74 Å². The fraction of sp³-hybridized carbons (Fsp3) is 0.208. The standard InChI is InChI=1S/C24H24N6O/c1-31-21-4-2-3-20(13-21)29-7-9-30(10-8-29)24-22-12-17(5-6-23(22)27-16-28-24)18-11-19(25)15-26-14-18/h2-6,11-16H,7-10,25H2,1H3. The van der Waals surface area contributed by atoms with Crippen molar-refractivity contribution in [3.05, 3.63) is 67.3 Å². The maximum Gasteiger partial charge on any atom is 0.140 e. The summed E-state index contributed by atoms with van der Waals surface area (Å²) < 4.78 is 5.37. The highest BCUT2D eigenvalue weighted by atomic mass is 16.5. The smallest absolute Gasteiger partial charge is 0.140 e. The number of nitrogens with two attached hydrogens (primary N) is 1. The summed E-state index contributed by atoms with van der Waals surface area (Å²) in [6.07, 6.45) is 5.13. The van der Waals surface area contributed by atoms with Gasteiger partial charge in [0.15, 0.2) is 0 Å².